The smallest absolute Gasteiger partial charge is 0.338 e. The Morgan fingerprint density at radius 2 is 1.64 bits per heavy atom. The maximum atomic E-state index is 11.6. The van der Waals surface area contributed by atoms with Crippen LogP contribution in [0.25, 0.3) is 0 Å². The van der Waals surface area contributed by atoms with E-state index in [0.717, 1.165) is 18.8 Å². The number of hydrogen-bond donors (Lipinski definition) is 0. The van der Waals surface area contributed by atoms with Gasteiger partial charge in [-0.3, -0.25) is 0 Å². The zero-order valence-corrected chi connectivity index (χ0v) is 14.4. The molecular formula is C18H30O4. The second-order valence-electron chi connectivity index (χ2n) is 4.56. The molecule has 1 rings (SSSR count). The molecule has 0 amide bonds. The quantitative estimate of drug-likeness (QED) is 0.472. The zero-order valence-electron chi connectivity index (χ0n) is 14.4. The summed E-state index contributed by atoms with van der Waals surface area (Å²) in [4.78, 5) is 11.6. The summed E-state index contributed by atoms with van der Waals surface area (Å²) in [6.07, 6.45) is 4.73. The van der Waals surface area contributed by atoms with E-state index in [1.807, 2.05) is 13.8 Å². The number of benzene rings is 1. The third kappa shape index (κ3) is 9.40. The molecule has 0 fully saturated rings. The molecule has 0 atom stereocenters. The Morgan fingerprint density at radius 3 is 2.23 bits per heavy atom. The van der Waals surface area contributed by atoms with Crippen LogP contribution >= 0.6 is 0 Å². The Balaban J connectivity index is 0.00000211. The summed E-state index contributed by atoms with van der Waals surface area (Å²) in [6.45, 7) is 7.58. The van der Waals surface area contributed by atoms with E-state index in [-0.39, 0.29) is 12.6 Å². The van der Waals surface area contributed by atoms with E-state index in [1.54, 1.807) is 31.4 Å². The van der Waals surface area contributed by atoms with Gasteiger partial charge in [0.25, 0.3) is 0 Å². The fraction of sp³-hybridized carbons (Fsp3) is 0.611. The topological polar surface area (TPSA) is 44.8 Å². The first-order chi connectivity index (χ1) is 10.8. The SMILES string of the molecule is CC.CCCCCCOc1ccc(C(=O)OCCOC)cc1. The van der Waals surface area contributed by atoms with Gasteiger partial charge in [0.05, 0.1) is 18.8 Å². The fourth-order valence-corrected chi connectivity index (χ4v) is 1.71. The van der Waals surface area contributed by atoms with Gasteiger partial charge in [-0.15, -0.1) is 0 Å². The number of hydrogen-bond acceptors (Lipinski definition) is 4. The highest BCUT2D eigenvalue weighted by molar-refractivity contribution is 5.89. The van der Waals surface area contributed by atoms with Crippen molar-refractivity contribution in [3.63, 3.8) is 0 Å². The standard InChI is InChI=1S/C16H24O4.C2H6/c1-3-4-5-6-11-19-15-9-7-14(8-10-15)16(17)20-13-12-18-2;1-2/h7-10H,3-6,11-13H2,1-2H3;1-2H3. The molecule has 0 saturated carbocycles. The Hall–Kier alpha value is -1.55. The van der Waals surface area contributed by atoms with Crippen LogP contribution in [0.4, 0.5) is 0 Å². The van der Waals surface area contributed by atoms with E-state index in [9.17, 15) is 4.79 Å². The van der Waals surface area contributed by atoms with E-state index < -0.39 is 0 Å². The molecule has 1 aromatic rings. The third-order valence-electron chi connectivity index (χ3n) is 2.88. The summed E-state index contributed by atoms with van der Waals surface area (Å²) in [5, 5.41) is 0. The molecule has 0 heterocycles. The molecule has 0 saturated heterocycles. The highest BCUT2D eigenvalue weighted by atomic mass is 16.6. The molecule has 0 unspecified atom stereocenters. The minimum atomic E-state index is -0.337. The minimum absolute atomic E-state index is 0.269. The van der Waals surface area contributed by atoms with Gasteiger partial charge in [-0.25, -0.2) is 4.79 Å². The zero-order chi connectivity index (χ0) is 16.6. The van der Waals surface area contributed by atoms with Crippen LogP contribution in [-0.4, -0.2) is 32.9 Å². The van der Waals surface area contributed by atoms with Crippen molar-refractivity contribution in [2.75, 3.05) is 26.9 Å². The molecule has 1 aromatic carbocycles. The fourth-order valence-electron chi connectivity index (χ4n) is 1.71. The predicted molar refractivity (Wildman–Crippen MR) is 89.6 cm³/mol. The van der Waals surface area contributed by atoms with Crippen molar-refractivity contribution >= 4 is 5.97 Å². The van der Waals surface area contributed by atoms with Crippen molar-refractivity contribution in [3.05, 3.63) is 29.8 Å². The Morgan fingerprint density at radius 1 is 0.955 bits per heavy atom. The van der Waals surface area contributed by atoms with E-state index in [1.165, 1.54) is 19.3 Å². The molecule has 126 valence electrons. The van der Waals surface area contributed by atoms with Gasteiger partial charge in [0.1, 0.15) is 12.4 Å². The van der Waals surface area contributed by atoms with E-state index >= 15 is 0 Å². The summed E-state index contributed by atoms with van der Waals surface area (Å²) < 4.78 is 15.5. The van der Waals surface area contributed by atoms with Crippen LogP contribution in [0.15, 0.2) is 24.3 Å². The molecule has 0 aliphatic carbocycles. The lowest BCUT2D eigenvalue weighted by molar-refractivity contribution is 0.0388. The maximum Gasteiger partial charge on any atom is 0.338 e. The molecule has 0 spiro atoms. The van der Waals surface area contributed by atoms with E-state index in [0.29, 0.717) is 12.2 Å². The first-order valence-electron chi connectivity index (χ1n) is 8.17. The molecule has 0 aliphatic heterocycles. The molecule has 0 bridgehead atoms. The van der Waals surface area contributed by atoms with Crippen LogP contribution in [-0.2, 0) is 9.47 Å². The van der Waals surface area contributed by atoms with Gasteiger partial charge in [-0.05, 0) is 30.7 Å². The van der Waals surface area contributed by atoms with Crippen molar-refractivity contribution in [2.24, 2.45) is 0 Å². The van der Waals surface area contributed by atoms with E-state index in [4.69, 9.17) is 14.2 Å². The molecule has 4 heteroatoms. The molecule has 0 N–H and O–H groups in total. The predicted octanol–water partition coefficient (Wildman–Crippen LogP) is 4.48. The first-order valence-corrected chi connectivity index (χ1v) is 8.17. The second kappa shape index (κ2) is 14.4. The van der Waals surface area contributed by atoms with Gasteiger partial charge in [0.15, 0.2) is 0 Å². The molecule has 0 aromatic heterocycles. The Labute approximate surface area is 134 Å². The van der Waals surface area contributed by atoms with Gasteiger partial charge < -0.3 is 14.2 Å². The highest BCUT2D eigenvalue weighted by Crippen LogP contribution is 2.13. The van der Waals surface area contributed by atoms with Crippen molar-refractivity contribution in [2.45, 2.75) is 46.5 Å². The number of esters is 1. The number of unbranched alkanes of at least 4 members (excludes halogenated alkanes) is 3. The van der Waals surface area contributed by atoms with Crippen LogP contribution in [0.3, 0.4) is 0 Å². The van der Waals surface area contributed by atoms with Gasteiger partial charge >= 0.3 is 5.97 Å². The van der Waals surface area contributed by atoms with Gasteiger partial charge in [-0.2, -0.15) is 0 Å². The van der Waals surface area contributed by atoms with Crippen molar-refractivity contribution in [1.82, 2.24) is 0 Å². The average Bonchev–Trinajstić information content (AvgIpc) is 2.57. The first kappa shape index (κ1) is 20.5. The monoisotopic (exact) mass is 310 g/mol. The minimum Gasteiger partial charge on any atom is -0.494 e. The summed E-state index contributed by atoms with van der Waals surface area (Å²) in [5.41, 5.74) is 0.527. The lowest BCUT2D eigenvalue weighted by Crippen LogP contribution is -2.09. The molecule has 0 aliphatic rings. The summed E-state index contributed by atoms with van der Waals surface area (Å²) in [7, 11) is 1.57. The normalized spacial score (nSPS) is 9.64. The van der Waals surface area contributed by atoms with Gasteiger partial charge in [-0.1, -0.05) is 40.0 Å². The van der Waals surface area contributed by atoms with Crippen molar-refractivity contribution in [3.8, 4) is 5.75 Å². The van der Waals surface area contributed by atoms with Gasteiger partial charge in [0, 0.05) is 7.11 Å². The van der Waals surface area contributed by atoms with Crippen LogP contribution in [0, 0.1) is 0 Å². The van der Waals surface area contributed by atoms with Crippen LogP contribution in [0.5, 0.6) is 5.75 Å². The molecular weight excluding hydrogens is 280 g/mol. The Bertz CT molecular complexity index is 373. The second-order valence-corrected chi connectivity index (χ2v) is 4.56. The molecule has 0 radical (unpaired) electrons. The summed E-state index contributed by atoms with van der Waals surface area (Å²) >= 11 is 0. The summed E-state index contributed by atoms with van der Waals surface area (Å²) in [6, 6.07) is 7.03. The highest BCUT2D eigenvalue weighted by Gasteiger charge is 2.06. The lowest BCUT2D eigenvalue weighted by Gasteiger charge is -2.07. The largest absolute Gasteiger partial charge is 0.494 e. The number of carbonyl (C=O) groups is 1. The van der Waals surface area contributed by atoms with Crippen LogP contribution < -0.4 is 4.74 Å². The van der Waals surface area contributed by atoms with Crippen LogP contribution in [0.1, 0.15) is 56.8 Å². The number of rotatable bonds is 10. The van der Waals surface area contributed by atoms with Crippen molar-refractivity contribution < 1.29 is 19.0 Å². The lowest BCUT2D eigenvalue weighted by atomic mass is 10.2. The Kier molecular flexibility index (Phi) is 13.4. The number of methoxy groups -OCH3 is 1. The number of carbonyl (C=O) groups excluding carboxylic acids is 1. The average molecular weight is 310 g/mol. The maximum absolute atomic E-state index is 11.6. The number of ether oxygens (including phenoxy) is 3. The molecule has 4 nitrogen and oxygen atoms in total. The van der Waals surface area contributed by atoms with Crippen LogP contribution in [0.2, 0.25) is 0 Å². The van der Waals surface area contributed by atoms with E-state index in [2.05, 4.69) is 6.92 Å². The van der Waals surface area contributed by atoms with Crippen molar-refractivity contribution in [1.29, 1.82) is 0 Å². The third-order valence-corrected chi connectivity index (χ3v) is 2.88. The van der Waals surface area contributed by atoms with Gasteiger partial charge in [0.2, 0.25) is 0 Å². The molecule has 22 heavy (non-hydrogen) atoms. The summed E-state index contributed by atoms with van der Waals surface area (Å²) in [5.74, 6) is 0.450.